The first-order chi connectivity index (χ1) is 11.6. The number of carbonyl (C=O) groups is 1. The van der Waals surface area contributed by atoms with Crippen LogP contribution in [0.15, 0.2) is 48.7 Å². The van der Waals surface area contributed by atoms with Crippen molar-refractivity contribution in [3.8, 4) is 28.4 Å². The molecule has 7 heteroatoms. The lowest BCUT2D eigenvalue weighted by molar-refractivity contribution is 0.100. The number of fused-ring (bicyclic) bond motifs is 1. The Bertz CT molecular complexity index is 1060. The Kier molecular flexibility index (Phi) is 3.06. The summed E-state index contributed by atoms with van der Waals surface area (Å²) in [6, 6.07) is 12.0. The summed E-state index contributed by atoms with van der Waals surface area (Å²) in [4.78, 5) is 19.3. The topological polar surface area (TPSA) is 121 Å². The quantitative estimate of drug-likeness (QED) is 0.463. The predicted octanol–water partition coefficient (Wildman–Crippen LogP) is 2.42. The number of phenolic OH excluding ortho intramolecular Hbond substituents is 1. The average Bonchev–Trinajstić information content (AvgIpc) is 3.20. The van der Waals surface area contributed by atoms with Gasteiger partial charge in [-0.05, 0) is 23.8 Å². The van der Waals surface area contributed by atoms with E-state index < -0.39 is 5.91 Å². The van der Waals surface area contributed by atoms with Crippen LogP contribution in [0, 0.1) is 0 Å². The summed E-state index contributed by atoms with van der Waals surface area (Å²) < 4.78 is 0. The standard InChI is InChI=1S/C17H13N5O2/c18-16(24)11-4-2-1-3-10(11)12-8-19-22-15(12)17-20-13-6-5-9(23)7-14(13)21-17/h1-8,23H,(H2,18,24)(H,19,22)(H,20,21). The van der Waals surface area contributed by atoms with Crippen molar-refractivity contribution in [2.24, 2.45) is 5.73 Å². The summed E-state index contributed by atoms with van der Waals surface area (Å²) in [6.45, 7) is 0. The highest BCUT2D eigenvalue weighted by molar-refractivity contribution is 6.01. The third kappa shape index (κ3) is 2.19. The maximum atomic E-state index is 11.7. The fourth-order valence-electron chi connectivity index (χ4n) is 2.72. The molecule has 0 atom stereocenters. The van der Waals surface area contributed by atoms with E-state index in [0.29, 0.717) is 39.2 Å². The summed E-state index contributed by atoms with van der Waals surface area (Å²) in [5.74, 6) is 0.205. The molecule has 2 heterocycles. The van der Waals surface area contributed by atoms with Gasteiger partial charge < -0.3 is 15.8 Å². The van der Waals surface area contributed by atoms with E-state index in [-0.39, 0.29) is 5.75 Å². The molecule has 0 aliphatic heterocycles. The Labute approximate surface area is 136 Å². The fraction of sp³-hybridized carbons (Fsp3) is 0. The number of nitrogens with two attached hydrogens (primary N) is 1. The third-order valence-corrected chi connectivity index (χ3v) is 3.82. The predicted molar refractivity (Wildman–Crippen MR) is 89.3 cm³/mol. The summed E-state index contributed by atoms with van der Waals surface area (Å²) in [5.41, 5.74) is 9.33. The second-order valence-electron chi connectivity index (χ2n) is 5.36. The van der Waals surface area contributed by atoms with Crippen LogP contribution in [-0.4, -0.2) is 31.2 Å². The fourth-order valence-corrected chi connectivity index (χ4v) is 2.72. The van der Waals surface area contributed by atoms with Crippen LogP contribution in [-0.2, 0) is 0 Å². The van der Waals surface area contributed by atoms with E-state index in [4.69, 9.17) is 5.73 Å². The van der Waals surface area contributed by atoms with E-state index in [0.717, 1.165) is 0 Å². The van der Waals surface area contributed by atoms with Crippen molar-refractivity contribution in [1.29, 1.82) is 0 Å². The van der Waals surface area contributed by atoms with Crippen LogP contribution in [0.1, 0.15) is 10.4 Å². The zero-order valence-electron chi connectivity index (χ0n) is 12.4. The lowest BCUT2D eigenvalue weighted by atomic mass is 9.99. The highest BCUT2D eigenvalue weighted by atomic mass is 16.3. The molecule has 2 aromatic heterocycles. The van der Waals surface area contributed by atoms with Crippen LogP contribution >= 0.6 is 0 Å². The number of aromatic hydroxyl groups is 1. The Hall–Kier alpha value is -3.61. The van der Waals surface area contributed by atoms with Crippen LogP contribution in [0.4, 0.5) is 0 Å². The molecule has 2 aromatic carbocycles. The molecule has 0 aliphatic carbocycles. The minimum Gasteiger partial charge on any atom is -0.508 e. The van der Waals surface area contributed by atoms with Gasteiger partial charge in [-0.2, -0.15) is 5.10 Å². The number of hydrogen-bond donors (Lipinski definition) is 4. The summed E-state index contributed by atoms with van der Waals surface area (Å²) in [5, 5.41) is 16.6. The van der Waals surface area contributed by atoms with Crippen molar-refractivity contribution in [2.75, 3.05) is 0 Å². The first-order valence-electron chi connectivity index (χ1n) is 7.25. The van der Waals surface area contributed by atoms with E-state index in [1.807, 2.05) is 12.1 Å². The van der Waals surface area contributed by atoms with Gasteiger partial charge in [0.25, 0.3) is 0 Å². The number of rotatable bonds is 3. The van der Waals surface area contributed by atoms with Crippen molar-refractivity contribution in [3.63, 3.8) is 0 Å². The van der Waals surface area contributed by atoms with Crippen molar-refractivity contribution in [2.45, 2.75) is 0 Å². The van der Waals surface area contributed by atoms with Gasteiger partial charge in [-0.1, -0.05) is 18.2 Å². The summed E-state index contributed by atoms with van der Waals surface area (Å²) >= 11 is 0. The molecular formula is C17H13N5O2. The molecule has 1 amide bonds. The smallest absolute Gasteiger partial charge is 0.249 e. The van der Waals surface area contributed by atoms with Gasteiger partial charge in [0.2, 0.25) is 5.91 Å². The van der Waals surface area contributed by atoms with Crippen molar-refractivity contribution >= 4 is 16.9 Å². The molecule has 0 radical (unpaired) electrons. The number of amides is 1. The number of benzene rings is 2. The molecular weight excluding hydrogens is 306 g/mol. The number of nitrogens with one attached hydrogen (secondary N) is 2. The Balaban J connectivity index is 1.90. The number of imidazole rings is 1. The van der Waals surface area contributed by atoms with Gasteiger partial charge >= 0.3 is 0 Å². The molecule has 118 valence electrons. The molecule has 7 nitrogen and oxygen atoms in total. The lowest BCUT2D eigenvalue weighted by Gasteiger charge is -2.05. The van der Waals surface area contributed by atoms with Crippen LogP contribution in [0.25, 0.3) is 33.7 Å². The molecule has 0 saturated heterocycles. The van der Waals surface area contributed by atoms with E-state index in [1.54, 1.807) is 36.5 Å². The Morgan fingerprint density at radius 1 is 1.12 bits per heavy atom. The number of aromatic nitrogens is 4. The van der Waals surface area contributed by atoms with Crippen LogP contribution in [0.2, 0.25) is 0 Å². The van der Waals surface area contributed by atoms with Gasteiger partial charge in [0, 0.05) is 17.2 Å². The van der Waals surface area contributed by atoms with E-state index >= 15 is 0 Å². The van der Waals surface area contributed by atoms with Crippen LogP contribution < -0.4 is 5.73 Å². The molecule has 0 fully saturated rings. The monoisotopic (exact) mass is 319 g/mol. The van der Waals surface area contributed by atoms with Crippen molar-refractivity contribution in [1.82, 2.24) is 20.2 Å². The zero-order valence-corrected chi connectivity index (χ0v) is 12.4. The molecule has 0 bridgehead atoms. The molecule has 24 heavy (non-hydrogen) atoms. The lowest BCUT2D eigenvalue weighted by Crippen LogP contribution is -2.12. The van der Waals surface area contributed by atoms with Gasteiger partial charge in [0.1, 0.15) is 11.4 Å². The molecule has 0 saturated carbocycles. The van der Waals surface area contributed by atoms with Crippen LogP contribution in [0.3, 0.4) is 0 Å². The molecule has 5 N–H and O–H groups in total. The maximum Gasteiger partial charge on any atom is 0.249 e. The van der Waals surface area contributed by atoms with E-state index in [2.05, 4.69) is 20.2 Å². The highest BCUT2D eigenvalue weighted by Crippen LogP contribution is 2.32. The van der Waals surface area contributed by atoms with E-state index in [1.165, 1.54) is 0 Å². The Morgan fingerprint density at radius 2 is 1.96 bits per heavy atom. The van der Waals surface area contributed by atoms with Crippen molar-refractivity contribution < 1.29 is 9.90 Å². The number of hydrogen-bond acceptors (Lipinski definition) is 4. The second kappa shape index (κ2) is 5.24. The number of aromatic amines is 2. The maximum absolute atomic E-state index is 11.7. The van der Waals surface area contributed by atoms with Gasteiger partial charge in [-0.3, -0.25) is 9.89 Å². The minimum atomic E-state index is -0.507. The van der Waals surface area contributed by atoms with Gasteiger partial charge in [-0.25, -0.2) is 4.98 Å². The average molecular weight is 319 g/mol. The largest absolute Gasteiger partial charge is 0.508 e. The summed E-state index contributed by atoms with van der Waals surface area (Å²) in [7, 11) is 0. The number of carbonyl (C=O) groups excluding carboxylic acids is 1. The number of H-pyrrole nitrogens is 2. The number of primary amides is 1. The number of nitrogens with zero attached hydrogens (tertiary/aromatic N) is 2. The third-order valence-electron chi connectivity index (χ3n) is 3.82. The van der Waals surface area contributed by atoms with Gasteiger partial charge in [0.15, 0.2) is 5.82 Å². The molecule has 0 spiro atoms. The highest BCUT2D eigenvalue weighted by Gasteiger charge is 2.17. The molecule has 0 unspecified atom stereocenters. The van der Waals surface area contributed by atoms with E-state index in [9.17, 15) is 9.90 Å². The van der Waals surface area contributed by atoms with Crippen molar-refractivity contribution in [3.05, 3.63) is 54.2 Å². The SMILES string of the molecule is NC(=O)c1ccccc1-c1cn[nH]c1-c1nc2ccc(O)cc2[nH]1. The molecule has 0 aliphatic rings. The second-order valence-corrected chi connectivity index (χ2v) is 5.36. The first kappa shape index (κ1) is 14.0. The van der Waals surface area contributed by atoms with Gasteiger partial charge in [-0.15, -0.1) is 0 Å². The Morgan fingerprint density at radius 3 is 2.79 bits per heavy atom. The minimum absolute atomic E-state index is 0.154. The number of phenols is 1. The normalized spacial score (nSPS) is 11.0. The first-order valence-corrected chi connectivity index (χ1v) is 7.25. The molecule has 4 aromatic rings. The summed E-state index contributed by atoms with van der Waals surface area (Å²) in [6.07, 6.45) is 1.63. The molecule has 4 rings (SSSR count). The van der Waals surface area contributed by atoms with Crippen LogP contribution in [0.5, 0.6) is 5.75 Å². The van der Waals surface area contributed by atoms with Gasteiger partial charge in [0.05, 0.1) is 17.2 Å². The zero-order chi connectivity index (χ0) is 16.7.